The third-order valence-corrected chi connectivity index (χ3v) is 2.36. The number of rotatable bonds is 6. The molecule has 0 aliphatic rings. The van der Waals surface area contributed by atoms with Crippen LogP contribution in [0.1, 0.15) is 25.8 Å². The third-order valence-electron chi connectivity index (χ3n) is 2.36. The number of nitrogens with one attached hydrogen (secondary N) is 1. The van der Waals surface area contributed by atoms with Crippen LogP contribution in [0.2, 0.25) is 0 Å². The molecule has 19 heavy (non-hydrogen) atoms. The molecule has 2 nitrogen and oxygen atoms in total. The zero-order valence-electron chi connectivity index (χ0n) is 11.1. The molecule has 0 radical (unpaired) electrons. The number of hydrogen-bond acceptors (Lipinski definition) is 2. The normalized spacial score (nSPS) is 12.6. The standard InChI is InChI=1S/C14H18F3NO/c1-3-8-18-10-11(2)9-12-4-6-13(7-5-12)19-14(15,16)17/h4-7,9,18H,3,8,10H2,1-2H3. The third kappa shape index (κ3) is 6.86. The molecule has 0 saturated heterocycles. The van der Waals surface area contributed by atoms with Crippen LogP contribution in [0, 0.1) is 0 Å². The summed E-state index contributed by atoms with van der Waals surface area (Å²) in [5, 5.41) is 3.26. The van der Waals surface area contributed by atoms with Gasteiger partial charge in [0, 0.05) is 6.54 Å². The first-order valence-electron chi connectivity index (χ1n) is 6.14. The lowest BCUT2D eigenvalue weighted by molar-refractivity contribution is -0.274. The summed E-state index contributed by atoms with van der Waals surface area (Å²) in [6.07, 6.45) is -1.64. The fourth-order valence-electron chi connectivity index (χ4n) is 1.56. The summed E-state index contributed by atoms with van der Waals surface area (Å²) in [5.74, 6) is -0.202. The first-order valence-corrected chi connectivity index (χ1v) is 6.14. The van der Waals surface area contributed by atoms with Gasteiger partial charge in [-0.1, -0.05) is 30.7 Å². The van der Waals surface area contributed by atoms with Crippen molar-refractivity contribution in [2.24, 2.45) is 0 Å². The van der Waals surface area contributed by atoms with Gasteiger partial charge in [-0.2, -0.15) is 0 Å². The Labute approximate surface area is 111 Å². The van der Waals surface area contributed by atoms with Crippen LogP contribution >= 0.6 is 0 Å². The van der Waals surface area contributed by atoms with Crippen LogP contribution in [-0.2, 0) is 0 Å². The highest BCUT2D eigenvalue weighted by atomic mass is 19.4. The first kappa shape index (κ1) is 15.6. The number of hydrogen-bond donors (Lipinski definition) is 1. The van der Waals surface area contributed by atoms with Crippen LogP contribution in [0.15, 0.2) is 29.8 Å². The number of alkyl halides is 3. The second kappa shape index (κ2) is 7.19. The van der Waals surface area contributed by atoms with Crippen LogP contribution in [0.3, 0.4) is 0 Å². The van der Waals surface area contributed by atoms with Gasteiger partial charge in [0.05, 0.1) is 0 Å². The van der Waals surface area contributed by atoms with E-state index in [0.29, 0.717) is 0 Å². The van der Waals surface area contributed by atoms with Gasteiger partial charge in [0.1, 0.15) is 5.75 Å². The van der Waals surface area contributed by atoms with Gasteiger partial charge < -0.3 is 10.1 Å². The Balaban J connectivity index is 2.58. The molecular weight excluding hydrogens is 255 g/mol. The van der Waals surface area contributed by atoms with Gasteiger partial charge in [0.15, 0.2) is 0 Å². The summed E-state index contributed by atoms with van der Waals surface area (Å²) in [6.45, 7) is 5.78. The zero-order chi connectivity index (χ0) is 14.3. The molecule has 0 unspecified atom stereocenters. The summed E-state index contributed by atoms with van der Waals surface area (Å²) < 4.78 is 39.8. The maximum Gasteiger partial charge on any atom is 0.573 e. The zero-order valence-corrected chi connectivity index (χ0v) is 11.1. The Bertz CT molecular complexity index is 410. The van der Waals surface area contributed by atoms with E-state index in [4.69, 9.17) is 0 Å². The minimum atomic E-state index is -4.64. The fraction of sp³-hybridized carbons (Fsp3) is 0.429. The average Bonchev–Trinajstić information content (AvgIpc) is 2.30. The molecule has 5 heteroatoms. The van der Waals surface area contributed by atoms with E-state index in [-0.39, 0.29) is 5.75 Å². The van der Waals surface area contributed by atoms with E-state index in [1.54, 1.807) is 12.1 Å². The highest BCUT2D eigenvalue weighted by Crippen LogP contribution is 2.23. The van der Waals surface area contributed by atoms with E-state index in [0.717, 1.165) is 30.6 Å². The predicted octanol–water partition coefficient (Wildman–Crippen LogP) is 3.99. The summed E-state index contributed by atoms with van der Waals surface area (Å²) >= 11 is 0. The van der Waals surface area contributed by atoms with E-state index in [1.807, 2.05) is 13.0 Å². The van der Waals surface area contributed by atoms with Crippen LogP contribution in [-0.4, -0.2) is 19.5 Å². The molecule has 0 heterocycles. The van der Waals surface area contributed by atoms with E-state index < -0.39 is 6.36 Å². The Morgan fingerprint density at radius 1 is 1.26 bits per heavy atom. The molecule has 0 spiro atoms. The molecule has 0 fully saturated rings. The van der Waals surface area contributed by atoms with Crippen LogP contribution in [0.5, 0.6) is 5.75 Å². The van der Waals surface area contributed by atoms with Crippen molar-refractivity contribution in [3.8, 4) is 5.75 Å². The highest BCUT2D eigenvalue weighted by molar-refractivity contribution is 5.53. The molecule has 1 rings (SSSR count). The molecule has 106 valence electrons. The molecular formula is C14H18F3NO. The fourth-order valence-corrected chi connectivity index (χ4v) is 1.56. The molecule has 0 bridgehead atoms. The van der Waals surface area contributed by atoms with Gasteiger partial charge in [0.25, 0.3) is 0 Å². The first-order chi connectivity index (χ1) is 8.90. The van der Waals surface area contributed by atoms with Gasteiger partial charge >= 0.3 is 6.36 Å². The van der Waals surface area contributed by atoms with Crippen molar-refractivity contribution >= 4 is 6.08 Å². The molecule has 1 aromatic rings. The molecule has 0 amide bonds. The Morgan fingerprint density at radius 2 is 1.89 bits per heavy atom. The lowest BCUT2D eigenvalue weighted by Gasteiger charge is -2.08. The second-order valence-electron chi connectivity index (χ2n) is 4.28. The van der Waals surface area contributed by atoms with Crippen molar-refractivity contribution in [1.82, 2.24) is 5.32 Å². The van der Waals surface area contributed by atoms with E-state index in [9.17, 15) is 13.2 Å². The summed E-state index contributed by atoms with van der Waals surface area (Å²) in [4.78, 5) is 0. The molecule has 0 aromatic heterocycles. The van der Waals surface area contributed by atoms with E-state index in [1.165, 1.54) is 12.1 Å². The Morgan fingerprint density at radius 3 is 2.42 bits per heavy atom. The molecule has 0 atom stereocenters. The van der Waals surface area contributed by atoms with Crippen molar-refractivity contribution in [3.05, 3.63) is 35.4 Å². The van der Waals surface area contributed by atoms with Gasteiger partial charge in [-0.05, 0) is 37.6 Å². The van der Waals surface area contributed by atoms with Crippen molar-refractivity contribution in [1.29, 1.82) is 0 Å². The van der Waals surface area contributed by atoms with Crippen LogP contribution in [0.4, 0.5) is 13.2 Å². The summed E-state index contributed by atoms with van der Waals surface area (Å²) in [7, 11) is 0. The topological polar surface area (TPSA) is 21.3 Å². The Hall–Kier alpha value is -1.49. The maximum atomic E-state index is 12.0. The largest absolute Gasteiger partial charge is 0.573 e. The monoisotopic (exact) mass is 273 g/mol. The maximum absolute atomic E-state index is 12.0. The number of halogens is 3. The quantitative estimate of drug-likeness (QED) is 0.791. The molecule has 0 saturated carbocycles. The average molecular weight is 273 g/mol. The van der Waals surface area contributed by atoms with Crippen LogP contribution < -0.4 is 10.1 Å². The van der Waals surface area contributed by atoms with Gasteiger partial charge in [-0.15, -0.1) is 13.2 Å². The van der Waals surface area contributed by atoms with Gasteiger partial charge in [-0.25, -0.2) is 0 Å². The number of ether oxygens (including phenoxy) is 1. The molecule has 0 aliphatic heterocycles. The Kier molecular flexibility index (Phi) is 5.89. The molecule has 1 N–H and O–H groups in total. The minimum Gasteiger partial charge on any atom is -0.406 e. The van der Waals surface area contributed by atoms with Gasteiger partial charge in [-0.3, -0.25) is 0 Å². The lowest BCUT2D eigenvalue weighted by atomic mass is 10.1. The van der Waals surface area contributed by atoms with Crippen molar-refractivity contribution in [3.63, 3.8) is 0 Å². The predicted molar refractivity (Wildman–Crippen MR) is 69.9 cm³/mol. The van der Waals surface area contributed by atoms with Crippen molar-refractivity contribution in [2.45, 2.75) is 26.6 Å². The minimum absolute atomic E-state index is 0.202. The van der Waals surface area contributed by atoms with Crippen molar-refractivity contribution in [2.75, 3.05) is 13.1 Å². The summed E-state index contributed by atoms with van der Waals surface area (Å²) in [5.41, 5.74) is 1.98. The van der Waals surface area contributed by atoms with Crippen molar-refractivity contribution < 1.29 is 17.9 Å². The van der Waals surface area contributed by atoms with E-state index in [2.05, 4.69) is 17.0 Å². The number of benzene rings is 1. The SMILES string of the molecule is CCCNCC(C)=Cc1ccc(OC(F)(F)F)cc1. The summed E-state index contributed by atoms with van der Waals surface area (Å²) in [6, 6.07) is 5.83. The lowest BCUT2D eigenvalue weighted by Crippen LogP contribution is -2.17. The van der Waals surface area contributed by atoms with Gasteiger partial charge in [0.2, 0.25) is 0 Å². The molecule has 1 aromatic carbocycles. The smallest absolute Gasteiger partial charge is 0.406 e. The van der Waals surface area contributed by atoms with E-state index >= 15 is 0 Å². The highest BCUT2D eigenvalue weighted by Gasteiger charge is 2.30. The second-order valence-corrected chi connectivity index (χ2v) is 4.28. The van der Waals surface area contributed by atoms with Crippen LogP contribution in [0.25, 0.3) is 6.08 Å². The molecule has 0 aliphatic carbocycles.